The minimum absolute atomic E-state index is 0.448. The first-order valence-electron chi connectivity index (χ1n) is 4.81. The van der Waals surface area contributed by atoms with Crippen LogP contribution in [0.1, 0.15) is 5.56 Å². The van der Waals surface area contributed by atoms with Crippen molar-refractivity contribution in [2.75, 3.05) is 11.6 Å². The third-order valence-electron chi connectivity index (χ3n) is 2.04. The molecule has 0 amide bonds. The van der Waals surface area contributed by atoms with E-state index in [1.54, 1.807) is 12.4 Å². The van der Waals surface area contributed by atoms with E-state index in [1.165, 1.54) is 18.1 Å². The second-order valence-electron chi connectivity index (χ2n) is 3.09. The highest BCUT2D eigenvalue weighted by atomic mass is 32.2. The second-order valence-corrected chi connectivity index (χ2v) is 3.88. The zero-order valence-corrected chi connectivity index (χ0v) is 9.90. The SMILES string of the molecule is CSc1ncnc(Nc2cccnc2)c1C#N. The van der Waals surface area contributed by atoms with Gasteiger partial charge in [-0.05, 0) is 18.4 Å². The van der Waals surface area contributed by atoms with Gasteiger partial charge in [-0.25, -0.2) is 9.97 Å². The summed E-state index contributed by atoms with van der Waals surface area (Å²) in [5, 5.41) is 12.8. The minimum atomic E-state index is 0.448. The van der Waals surface area contributed by atoms with Crippen LogP contribution in [-0.2, 0) is 0 Å². The fourth-order valence-corrected chi connectivity index (χ4v) is 1.79. The van der Waals surface area contributed by atoms with E-state index < -0.39 is 0 Å². The lowest BCUT2D eigenvalue weighted by Crippen LogP contribution is -2.00. The van der Waals surface area contributed by atoms with Gasteiger partial charge in [0.1, 0.15) is 23.0 Å². The van der Waals surface area contributed by atoms with E-state index in [1.807, 2.05) is 18.4 Å². The van der Waals surface area contributed by atoms with Crippen LogP contribution in [0.4, 0.5) is 11.5 Å². The minimum Gasteiger partial charge on any atom is -0.338 e. The predicted octanol–water partition coefficient (Wildman–Crippen LogP) is 2.21. The van der Waals surface area contributed by atoms with Gasteiger partial charge in [-0.3, -0.25) is 4.98 Å². The standard InChI is InChI=1S/C11H9N5S/c1-17-11-9(5-12)10(14-7-15-11)16-8-3-2-4-13-6-8/h2-4,6-7H,1H3,(H,14,15,16). The summed E-state index contributed by atoms with van der Waals surface area (Å²) >= 11 is 1.42. The molecule has 2 rings (SSSR count). The van der Waals surface area contributed by atoms with E-state index in [0.29, 0.717) is 16.4 Å². The topological polar surface area (TPSA) is 74.5 Å². The Kier molecular flexibility index (Phi) is 3.52. The number of nitrogens with zero attached hydrogens (tertiary/aromatic N) is 4. The zero-order chi connectivity index (χ0) is 12.1. The van der Waals surface area contributed by atoms with Gasteiger partial charge in [0.2, 0.25) is 0 Å². The van der Waals surface area contributed by atoms with Gasteiger partial charge in [-0.2, -0.15) is 5.26 Å². The smallest absolute Gasteiger partial charge is 0.153 e. The summed E-state index contributed by atoms with van der Waals surface area (Å²) in [6.45, 7) is 0. The number of thioether (sulfide) groups is 1. The first-order valence-corrected chi connectivity index (χ1v) is 6.03. The maximum absolute atomic E-state index is 9.11. The lowest BCUT2D eigenvalue weighted by Gasteiger charge is -2.07. The Bertz CT molecular complexity index is 550. The number of anilines is 2. The number of rotatable bonds is 3. The second kappa shape index (κ2) is 5.27. The van der Waals surface area contributed by atoms with Crippen molar-refractivity contribution in [2.45, 2.75) is 5.03 Å². The summed E-state index contributed by atoms with van der Waals surface area (Å²) < 4.78 is 0. The van der Waals surface area contributed by atoms with Crippen LogP contribution in [0.15, 0.2) is 35.9 Å². The van der Waals surface area contributed by atoms with Crippen molar-refractivity contribution in [3.63, 3.8) is 0 Å². The molecular formula is C11H9N5S. The van der Waals surface area contributed by atoms with E-state index in [-0.39, 0.29) is 0 Å². The van der Waals surface area contributed by atoms with Crippen LogP contribution < -0.4 is 5.32 Å². The number of hydrogen-bond acceptors (Lipinski definition) is 6. The molecule has 0 aromatic carbocycles. The average Bonchev–Trinajstić information content (AvgIpc) is 2.39. The Balaban J connectivity index is 2.37. The molecular weight excluding hydrogens is 234 g/mol. The largest absolute Gasteiger partial charge is 0.338 e. The Morgan fingerprint density at radius 3 is 2.94 bits per heavy atom. The van der Waals surface area contributed by atoms with E-state index in [0.717, 1.165) is 5.69 Å². The number of aromatic nitrogens is 3. The van der Waals surface area contributed by atoms with Crippen molar-refractivity contribution < 1.29 is 0 Å². The van der Waals surface area contributed by atoms with Crippen LogP contribution in [0.5, 0.6) is 0 Å². The van der Waals surface area contributed by atoms with Crippen LogP contribution in [0.2, 0.25) is 0 Å². The molecule has 0 bridgehead atoms. The fourth-order valence-electron chi connectivity index (χ4n) is 1.29. The molecule has 84 valence electrons. The highest BCUT2D eigenvalue weighted by Gasteiger charge is 2.10. The predicted molar refractivity (Wildman–Crippen MR) is 66.0 cm³/mol. The van der Waals surface area contributed by atoms with Gasteiger partial charge in [0.15, 0.2) is 5.82 Å². The summed E-state index contributed by atoms with van der Waals surface area (Å²) in [5.74, 6) is 0.500. The first-order chi connectivity index (χ1) is 8.35. The highest BCUT2D eigenvalue weighted by molar-refractivity contribution is 7.98. The molecule has 0 atom stereocenters. The molecule has 5 nitrogen and oxygen atoms in total. The Morgan fingerprint density at radius 1 is 1.41 bits per heavy atom. The van der Waals surface area contributed by atoms with Crippen molar-refractivity contribution in [3.8, 4) is 6.07 Å². The molecule has 0 fully saturated rings. The summed E-state index contributed by atoms with van der Waals surface area (Å²) in [7, 11) is 0. The molecule has 2 heterocycles. The van der Waals surface area contributed by atoms with Gasteiger partial charge in [-0.1, -0.05) is 0 Å². The molecule has 0 saturated heterocycles. The quantitative estimate of drug-likeness (QED) is 0.658. The number of pyridine rings is 1. The van der Waals surface area contributed by atoms with Gasteiger partial charge in [0.05, 0.1) is 11.9 Å². The van der Waals surface area contributed by atoms with Crippen LogP contribution >= 0.6 is 11.8 Å². The van der Waals surface area contributed by atoms with Gasteiger partial charge in [0.25, 0.3) is 0 Å². The van der Waals surface area contributed by atoms with E-state index in [4.69, 9.17) is 5.26 Å². The van der Waals surface area contributed by atoms with Gasteiger partial charge in [-0.15, -0.1) is 11.8 Å². The van der Waals surface area contributed by atoms with Crippen LogP contribution in [-0.4, -0.2) is 21.2 Å². The van der Waals surface area contributed by atoms with E-state index in [2.05, 4.69) is 26.3 Å². The highest BCUT2D eigenvalue weighted by Crippen LogP contribution is 2.24. The zero-order valence-electron chi connectivity index (χ0n) is 9.08. The first kappa shape index (κ1) is 11.4. The molecule has 6 heteroatoms. The molecule has 17 heavy (non-hydrogen) atoms. The molecule has 0 aliphatic heterocycles. The number of nitriles is 1. The molecule has 2 aromatic rings. The maximum atomic E-state index is 9.11. The normalized spacial score (nSPS) is 9.65. The molecule has 0 radical (unpaired) electrons. The fraction of sp³-hybridized carbons (Fsp3) is 0.0909. The van der Waals surface area contributed by atoms with Crippen molar-refractivity contribution in [1.29, 1.82) is 5.26 Å². The summed E-state index contributed by atoms with van der Waals surface area (Å²) in [4.78, 5) is 12.1. The monoisotopic (exact) mass is 243 g/mol. The van der Waals surface area contributed by atoms with Crippen molar-refractivity contribution in [2.24, 2.45) is 0 Å². The molecule has 1 N–H and O–H groups in total. The average molecular weight is 243 g/mol. The summed E-state index contributed by atoms with van der Waals surface area (Å²) in [6.07, 6.45) is 6.66. The Hall–Kier alpha value is -2.13. The molecule has 0 aliphatic rings. The molecule has 0 unspecified atom stereocenters. The Morgan fingerprint density at radius 2 is 2.29 bits per heavy atom. The van der Waals surface area contributed by atoms with Crippen LogP contribution in [0.25, 0.3) is 0 Å². The molecule has 0 spiro atoms. The summed E-state index contributed by atoms with van der Waals surface area (Å²) in [5.41, 5.74) is 1.23. The lowest BCUT2D eigenvalue weighted by molar-refractivity contribution is 1.03. The van der Waals surface area contributed by atoms with Crippen LogP contribution in [0.3, 0.4) is 0 Å². The third kappa shape index (κ3) is 2.52. The summed E-state index contributed by atoms with van der Waals surface area (Å²) in [6, 6.07) is 5.77. The van der Waals surface area contributed by atoms with Gasteiger partial charge < -0.3 is 5.32 Å². The van der Waals surface area contributed by atoms with Gasteiger partial charge in [0, 0.05) is 6.20 Å². The molecule has 0 saturated carbocycles. The van der Waals surface area contributed by atoms with Crippen molar-refractivity contribution in [1.82, 2.24) is 15.0 Å². The van der Waals surface area contributed by atoms with Crippen LogP contribution in [0, 0.1) is 11.3 Å². The van der Waals surface area contributed by atoms with Crippen molar-refractivity contribution in [3.05, 3.63) is 36.4 Å². The number of hydrogen-bond donors (Lipinski definition) is 1. The third-order valence-corrected chi connectivity index (χ3v) is 2.74. The van der Waals surface area contributed by atoms with E-state index in [9.17, 15) is 0 Å². The van der Waals surface area contributed by atoms with Crippen molar-refractivity contribution >= 4 is 23.3 Å². The molecule has 0 aliphatic carbocycles. The number of nitrogens with one attached hydrogen (secondary N) is 1. The van der Waals surface area contributed by atoms with Gasteiger partial charge >= 0.3 is 0 Å². The Labute approximate surface area is 103 Å². The maximum Gasteiger partial charge on any atom is 0.153 e. The lowest BCUT2D eigenvalue weighted by atomic mass is 10.3. The van der Waals surface area contributed by atoms with E-state index >= 15 is 0 Å². The molecule has 2 aromatic heterocycles.